The van der Waals surface area contributed by atoms with Gasteiger partial charge in [0.25, 0.3) is 5.91 Å². The van der Waals surface area contributed by atoms with Crippen molar-refractivity contribution < 1.29 is 22.3 Å². The summed E-state index contributed by atoms with van der Waals surface area (Å²) in [6, 6.07) is 7.36. The van der Waals surface area contributed by atoms with Crippen LogP contribution in [0.5, 0.6) is 5.75 Å². The van der Waals surface area contributed by atoms with Gasteiger partial charge in [-0.3, -0.25) is 4.79 Å². The Morgan fingerprint density at radius 2 is 1.72 bits per heavy atom. The number of rotatable bonds is 4. The number of sulfonamides is 1. The number of aryl methyl sites for hydroxylation is 2. The average molecular weight is 461 g/mol. The maximum absolute atomic E-state index is 13.9. The maximum atomic E-state index is 13.9. The summed E-state index contributed by atoms with van der Waals surface area (Å²) in [5.74, 6) is -0.346. The van der Waals surface area contributed by atoms with E-state index in [1.807, 2.05) is 0 Å². The molecule has 0 N–H and O–H groups in total. The topological polar surface area (TPSA) is 66.9 Å². The van der Waals surface area contributed by atoms with Crippen molar-refractivity contribution in [2.24, 2.45) is 0 Å². The van der Waals surface area contributed by atoms with Crippen LogP contribution in [0.1, 0.15) is 53.6 Å². The van der Waals surface area contributed by atoms with E-state index in [0.29, 0.717) is 49.5 Å². The van der Waals surface area contributed by atoms with Gasteiger partial charge >= 0.3 is 0 Å². The van der Waals surface area contributed by atoms with Crippen LogP contribution in [0.3, 0.4) is 0 Å². The Kier molecular flexibility index (Phi) is 6.53. The summed E-state index contributed by atoms with van der Waals surface area (Å²) in [6.45, 7) is 3.24. The lowest BCUT2D eigenvalue weighted by Gasteiger charge is -2.31. The van der Waals surface area contributed by atoms with Crippen LogP contribution in [-0.2, 0) is 16.4 Å². The highest BCUT2D eigenvalue weighted by Gasteiger charge is 2.31. The number of hydrogen-bond acceptors (Lipinski definition) is 4. The molecule has 0 unspecified atom stereocenters. The Labute approximate surface area is 189 Å². The van der Waals surface area contributed by atoms with Gasteiger partial charge in [0.1, 0.15) is 11.6 Å². The van der Waals surface area contributed by atoms with Crippen LogP contribution >= 0.6 is 0 Å². The van der Waals surface area contributed by atoms with E-state index >= 15 is 0 Å². The molecule has 4 rings (SSSR count). The van der Waals surface area contributed by atoms with E-state index in [0.717, 1.165) is 31.2 Å². The molecule has 0 radical (unpaired) electrons. The SMILES string of the molecule is COc1ccc(S(=O)(=O)N2CCCCCC2)cc1C(=O)N1CCCc2cc(F)cc(C)c21. The molecule has 2 heterocycles. The average Bonchev–Trinajstić information content (AvgIpc) is 3.07. The molecule has 2 aliphatic heterocycles. The first kappa shape index (κ1) is 22.7. The first-order valence-electron chi connectivity index (χ1n) is 11.1. The number of hydrogen-bond donors (Lipinski definition) is 0. The van der Waals surface area contributed by atoms with Gasteiger partial charge in [0.05, 0.1) is 23.3 Å². The number of carbonyl (C=O) groups is 1. The molecule has 0 spiro atoms. The molecule has 1 amide bonds. The van der Waals surface area contributed by atoms with Gasteiger partial charge in [-0.2, -0.15) is 4.31 Å². The largest absolute Gasteiger partial charge is 0.496 e. The Bertz CT molecular complexity index is 1130. The summed E-state index contributed by atoms with van der Waals surface area (Å²) in [5, 5.41) is 0. The number of amides is 1. The number of nitrogens with zero attached hydrogens (tertiary/aromatic N) is 2. The van der Waals surface area contributed by atoms with Crippen molar-refractivity contribution in [1.29, 1.82) is 0 Å². The molecule has 32 heavy (non-hydrogen) atoms. The highest BCUT2D eigenvalue weighted by Crippen LogP contribution is 2.35. The van der Waals surface area contributed by atoms with Crippen LogP contribution in [-0.4, -0.2) is 45.4 Å². The van der Waals surface area contributed by atoms with E-state index in [1.54, 1.807) is 17.9 Å². The number of methoxy groups -OCH3 is 1. The fraction of sp³-hybridized carbons (Fsp3) is 0.458. The van der Waals surface area contributed by atoms with Gasteiger partial charge in [-0.15, -0.1) is 0 Å². The standard InChI is InChI=1S/C24H29FN2O4S/c1-17-14-19(25)15-18-8-7-13-27(23(17)18)24(28)21-16-20(9-10-22(21)31-2)32(29,30)26-11-5-3-4-6-12-26/h9-10,14-16H,3-8,11-13H2,1-2H3. The molecular formula is C24H29FN2O4S. The molecular weight excluding hydrogens is 431 g/mol. The first-order chi connectivity index (χ1) is 15.3. The van der Waals surface area contributed by atoms with E-state index in [1.165, 1.54) is 35.7 Å². The Hall–Kier alpha value is -2.45. The lowest BCUT2D eigenvalue weighted by Crippen LogP contribution is -2.37. The van der Waals surface area contributed by atoms with Gasteiger partial charge in [-0.25, -0.2) is 12.8 Å². The monoisotopic (exact) mass is 460 g/mol. The molecule has 8 heteroatoms. The zero-order chi connectivity index (χ0) is 22.9. The van der Waals surface area contributed by atoms with Crippen molar-refractivity contribution >= 4 is 21.6 Å². The van der Waals surface area contributed by atoms with Crippen LogP contribution in [0.2, 0.25) is 0 Å². The predicted octanol–water partition coefficient (Wildman–Crippen LogP) is 4.30. The van der Waals surface area contributed by atoms with E-state index in [4.69, 9.17) is 4.74 Å². The highest BCUT2D eigenvalue weighted by atomic mass is 32.2. The van der Waals surface area contributed by atoms with Gasteiger partial charge in [0.15, 0.2) is 0 Å². The Morgan fingerprint density at radius 1 is 1.00 bits per heavy atom. The van der Waals surface area contributed by atoms with E-state index < -0.39 is 10.0 Å². The number of anilines is 1. The predicted molar refractivity (Wildman–Crippen MR) is 121 cm³/mol. The summed E-state index contributed by atoms with van der Waals surface area (Å²) < 4.78 is 47.4. The maximum Gasteiger partial charge on any atom is 0.262 e. The van der Waals surface area contributed by atoms with Crippen molar-refractivity contribution in [3.05, 3.63) is 52.8 Å². The number of fused-ring (bicyclic) bond motifs is 1. The third-order valence-corrected chi connectivity index (χ3v) is 8.19. The second-order valence-electron chi connectivity index (χ2n) is 8.47. The fourth-order valence-electron chi connectivity index (χ4n) is 4.72. The molecule has 172 valence electrons. The number of benzene rings is 2. The second-order valence-corrected chi connectivity index (χ2v) is 10.4. The molecule has 0 bridgehead atoms. The zero-order valence-corrected chi connectivity index (χ0v) is 19.4. The van der Waals surface area contributed by atoms with Crippen molar-refractivity contribution in [2.75, 3.05) is 31.6 Å². The normalized spacial score (nSPS) is 17.5. The van der Waals surface area contributed by atoms with Gasteiger partial charge in [-0.1, -0.05) is 12.8 Å². The summed E-state index contributed by atoms with van der Waals surface area (Å²) in [6.07, 6.45) is 5.11. The zero-order valence-electron chi connectivity index (χ0n) is 18.6. The lowest BCUT2D eigenvalue weighted by atomic mass is 9.97. The second kappa shape index (κ2) is 9.19. The Balaban J connectivity index is 1.74. The molecule has 0 atom stereocenters. The Morgan fingerprint density at radius 3 is 2.41 bits per heavy atom. The molecule has 2 aromatic carbocycles. The van der Waals surface area contributed by atoms with Crippen molar-refractivity contribution in [3.63, 3.8) is 0 Å². The molecule has 2 aliphatic rings. The number of carbonyl (C=O) groups excluding carboxylic acids is 1. The van der Waals surface area contributed by atoms with Crippen molar-refractivity contribution in [3.8, 4) is 5.75 Å². The van der Waals surface area contributed by atoms with Crippen LogP contribution in [0.4, 0.5) is 10.1 Å². The van der Waals surface area contributed by atoms with E-state index in [2.05, 4.69) is 0 Å². The molecule has 6 nitrogen and oxygen atoms in total. The third-order valence-electron chi connectivity index (χ3n) is 6.29. The van der Waals surface area contributed by atoms with Gasteiger partial charge in [0, 0.05) is 19.6 Å². The fourth-order valence-corrected chi connectivity index (χ4v) is 6.26. The molecule has 0 saturated carbocycles. The van der Waals surface area contributed by atoms with E-state index in [9.17, 15) is 17.6 Å². The summed E-state index contributed by atoms with van der Waals surface area (Å²) in [7, 11) is -2.26. The molecule has 0 aromatic heterocycles. The summed E-state index contributed by atoms with van der Waals surface area (Å²) >= 11 is 0. The summed E-state index contributed by atoms with van der Waals surface area (Å²) in [5.41, 5.74) is 2.36. The molecule has 0 aliphatic carbocycles. The smallest absolute Gasteiger partial charge is 0.262 e. The van der Waals surface area contributed by atoms with Gasteiger partial charge in [0.2, 0.25) is 10.0 Å². The minimum absolute atomic E-state index is 0.0941. The van der Waals surface area contributed by atoms with Crippen molar-refractivity contribution in [1.82, 2.24) is 4.31 Å². The van der Waals surface area contributed by atoms with Crippen LogP contribution in [0.15, 0.2) is 35.2 Å². The molecule has 2 aromatic rings. The highest BCUT2D eigenvalue weighted by molar-refractivity contribution is 7.89. The lowest BCUT2D eigenvalue weighted by molar-refractivity contribution is 0.0981. The van der Waals surface area contributed by atoms with Crippen molar-refractivity contribution in [2.45, 2.75) is 50.3 Å². The van der Waals surface area contributed by atoms with Crippen LogP contribution < -0.4 is 9.64 Å². The minimum atomic E-state index is -3.71. The quantitative estimate of drug-likeness (QED) is 0.682. The molecule has 1 fully saturated rings. The number of halogens is 1. The first-order valence-corrected chi connectivity index (χ1v) is 12.6. The minimum Gasteiger partial charge on any atom is -0.496 e. The summed E-state index contributed by atoms with van der Waals surface area (Å²) in [4.78, 5) is 15.3. The number of ether oxygens (including phenoxy) is 1. The van der Waals surface area contributed by atoms with Crippen LogP contribution in [0.25, 0.3) is 0 Å². The van der Waals surface area contributed by atoms with E-state index in [-0.39, 0.29) is 22.2 Å². The molecule has 1 saturated heterocycles. The van der Waals surface area contributed by atoms with Crippen LogP contribution in [0, 0.1) is 12.7 Å². The third kappa shape index (κ3) is 4.26. The van der Waals surface area contributed by atoms with Gasteiger partial charge < -0.3 is 9.64 Å². The van der Waals surface area contributed by atoms with Gasteiger partial charge in [-0.05, 0) is 74.1 Å².